The molecule has 0 N–H and O–H groups in total. The lowest BCUT2D eigenvalue weighted by molar-refractivity contribution is 0.0590. The summed E-state index contributed by atoms with van der Waals surface area (Å²) in [5, 5.41) is 0. The Bertz CT molecular complexity index is 814. The highest BCUT2D eigenvalue weighted by Crippen LogP contribution is 2.25. The molecule has 3 aromatic rings. The third kappa shape index (κ3) is 3.81. The number of hydrogen-bond acceptors (Lipinski definition) is 5. The molecule has 0 amide bonds. The first-order chi connectivity index (χ1) is 12.3. The molecule has 25 heavy (non-hydrogen) atoms. The molecule has 3 aromatic heterocycles. The van der Waals surface area contributed by atoms with Gasteiger partial charge in [-0.3, -0.25) is 9.88 Å². The molecule has 0 aromatic carbocycles. The quantitative estimate of drug-likeness (QED) is 0.680. The van der Waals surface area contributed by atoms with Gasteiger partial charge in [-0.1, -0.05) is 0 Å². The summed E-state index contributed by atoms with van der Waals surface area (Å²) in [5.74, 6) is 0. The Balaban J connectivity index is 1.41. The van der Waals surface area contributed by atoms with Crippen molar-refractivity contribution in [3.8, 4) is 0 Å². The van der Waals surface area contributed by atoms with Crippen molar-refractivity contribution in [3.05, 3.63) is 70.2 Å². The molecule has 1 aliphatic rings. The fourth-order valence-corrected chi connectivity index (χ4v) is 4.14. The van der Waals surface area contributed by atoms with E-state index in [1.165, 1.54) is 10.6 Å². The molecule has 5 nitrogen and oxygen atoms in total. The molecule has 6 heteroatoms. The molecule has 0 bridgehead atoms. The molecule has 0 aliphatic carbocycles. The molecule has 0 radical (unpaired) electrons. The molecule has 4 heterocycles. The minimum Gasteiger partial charge on any atom is -0.375 e. The van der Waals surface area contributed by atoms with Crippen LogP contribution >= 0.6 is 11.3 Å². The first-order valence-corrected chi connectivity index (χ1v) is 9.41. The minimum absolute atomic E-state index is 0.341. The van der Waals surface area contributed by atoms with Crippen LogP contribution in [0.3, 0.4) is 0 Å². The number of aromatic nitrogens is 3. The van der Waals surface area contributed by atoms with Crippen molar-refractivity contribution in [1.29, 1.82) is 0 Å². The van der Waals surface area contributed by atoms with E-state index in [4.69, 9.17) is 4.74 Å². The summed E-state index contributed by atoms with van der Waals surface area (Å²) in [7, 11) is 0. The van der Waals surface area contributed by atoms with Gasteiger partial charge in [-0.05, 0) is 36.8 Å². The number of ether oxygens (including phenoxy) is 1. The highest BCUT2D eigenvalue weighted by Gasteiger charge is 2.25. The van der Waals surface area contributed by atoms with Crippen molar-refractivity contribution in [2.24, 2.45) is 0 Å². The van der Waals surface area contributed by atoms with Crippen molar-refractivity contribution < 1.29 is 4.74 Å². The van der Waals surface area contributed by atoms with E-state index >= 15 is 0 Å². The molecule has 130 valence electrons. The third-order valence-corrected chi connectivity index (χ3v) is 5.58. The topological polar surface area (TPSA) is 43.2 Å². The molecule has 1 aliphatic heterocycles. The van der Waals surface area contributed by atoms with E-state index in [0.717, 1.165) is 30.9 Å². The number of thiazole rings is 1. The fraction of sp³-hybridized carbons (Fsp3) is 0.368. The molecule has 0 saturated heterocycles. The van der Waals surface area contributed by atoms with Crippen LogP contribution < -0.4 is 0 Å². The van der Waals surface area contributed by atoms with Gasteiger partial charge < -0.3 is 9.30 Å². The van der Waals surface area contributed by atoms with Crippen LogP contribution in [0.5, 0.6) is 0 Å². The lowest BCUT2D eigenvalue weighted by Crippen LogP contribution is -2.38. The SMILES string of the molecule is Cc1ncsc1CN1Cc2cccn2C(COCc2ccncc2)C1. The van der Waals surface area contributed by atoms with E-state index in [2.05, 4.69) is 44.7 Å². The van der Waals surface area contributed by atoms with E-state index in [1.807, 2.05) is 30.0 Å². The Morgan fingerprint density at radius 1 is 1.28 bits per heavy atom. The average Bonchev–Trinajstić information content (AvgIpc) is 3.25. The van der Waals surface area contributed by atoms with Gasteiger partial charge >= 0.3 is 0 Å². The van der Waals surface area contributed by atoms with Crippen molar-refractivity contribution in [2.45, 2.75) is 32.7 Å². The van der Waals surface area contributed by atoms with E-state index in [0.29, 0.717) is 19.3 Å². The van der Waals surface area contributed by atoms with Gasteiger partial charge in [0.1, 0.15) is 0 Å². The highest BCUT2D eigenvalue weighted by molar-refractivity contribution is 7.09. The number of nitrogens with zero attached hydrogens (tertiary/aromatic N) is 4. The normalized spacial score (nSPS) is 17.6. The van der Waals surface area contributed by atoms with Crippen molar-refractivity contribution in [2.75, 3.05) is 13.2 Å². The predicted octanol–water partition coefficient (Wildman–Crippen LogP) is 3.42. The summed E-state index contributed by atoms with van der Waals surface area (Å²) in [5.41, 5.74) is 5.60. The maximum absolute atomic E-state index is 6.01. The number of aryl methyl sites for hydroxylation is 1. The maximum Gasteiger partial charge on any atom is 0.0798 e. The van der Waals surface area contributed by atoms with Crippen LogP contribution in [0.4, 0.5) is 0 Å². The Hall–Kier alpha value is -2.02. The summed E-state index contributed by atoms with van der Waals surface area (Å²) >= 11 is 1.75. The zero-order chi connectivity index (χ0) is 17.1. The zero-order valence-electron chi connectivity index (χ0n) is 14.3. The van der Waals surface area contributed by atoms with Crippen LogP contribution in [-0.4, -0.2) is 32.6 Å². The lowest BCUT2D eigenvalue weighted by Gasteiger charge is -2.34. The van der Waals surface area contributed by atoms with Crippen molar-refractivity contribution >= 4 is 11.3 Å². The van der Waals surface area contributed by atoms with Gasteiger partial charge in [0.15, 0.2) is 0 Å². The Kier molecular flexibility index (Phi) is 4.92. The third-order valence-electron chi connectivity index (χ3n) is 4.66. The molecule has 0 spiro atoms. The molecular weight excluding hydrogens is 332 g/mol. The lowest BCUT2D eigenvalue weighted by atomic mass is 10.2. The monoisotopic (exact) mass is 354 g/mol. The second-order valence-electron chi connectivity index (χ2n) is 6.46. The highest BCUT2D eigenvalue weighted by atomic mass is 32.1. The van der Waals surface area contributed by atoms with Crippen molar-refractivity contribution in [1.82, 2.24) is 19.4 Å². The van der Waals surface area contributed by atoms with Gasteiger partial charge in [0, 0.05) is 48.8 Å². The van der Waals surface area contributed by atoms with E-state index in [1.54, 1.807) is 11.3 Å². The van der Waals surface area contributed by atoms with Crippen LogP contribution in [0.15, 0.2) is 48.4 Å². The van der Waals surface area contributed by atoms with Crippen LogP contribution in [0.25, 0.3) is 0 Å². The number of fused-ring (bicyclic) bond motifs is 1. The summed E-state index contributed by atoms with van der Waals surface area (Å²) in [6, 6.07) is 8.68. The molecule has 1 unspecified atom stereocenters. The van der Waals surface area contributed by atoms with E-state index in [9.17, 15) is 0 Å². The summed E-state index contributed by atoms with van der Waals surface area (Å²) in [4.78, 5) is 12.3. The minimum atomic E-state index is 0.341. The van der Waals surface area contributed by atoms with Gasteiger partial charge in [-0.2, -0.15) is 0 Å². The number of hydrogen-bond donors (Lipinski definition) is 0. The smallest absolute Gasteiger partial charge is 0.0798 e. The summed E-state index contributed by atoms with van der Waals surface area (Å²) < 4.78 is 8.37. The Morgan fingerprint density at radius 3 is 2.96 bits per heavy atom. The Labute approximate surface area is 151 Å². The predicted molar refractivity (Wildman–Crippen MR) is 98.3 cm³/mol. The van der Waals surface area contributed by atoms with Crippen LogP contribution in [0.1, 0.15) is 27.9 Å². The summed E-state index contributed by atoms with van der Waals surface area (Å²) in [6.07, 6.45) is 5.79. The van der Waals surface area contributed by atoms with Gasteiger partial charge in [0.25, 0.3) is 0 Å². The van der Waals surface area contributed by atoms with E-state index < -0.39 is 0 Å². The molecular formula is C19H22N4OS. The van der Waals surface area contributed by atoms with Gasteiger partial charge in [-0.25, -0.2) is 4.98 Å². The second kappa shape index (κ2) is 7.47. The Morgan fingerprint density at radius 2 is 2.16 bits per heavy atom. The molecule has 1 atom stereocenters. The fourth-order valence-electron chi connectivity index (χ4n) is 3.33. The largest absolute Gasteiger partial charge is 0.375 e. The maximum atomic E-state index is 6.01. The second-order valence-corrected chi connectivity index (χ2v) is 7.40. The number of pyridine rings is 1. The van der Waals surface area contributed by atoms with E-state index in [-0.39, 0.29) is 0 Å². The summed E-state index contributed by atoms with van der Waals surface area (Å²) in [6.45, 7) is 6.36. The first kappa shape index (κ1) is 16.4. The van der Waals surface area contributed by atoms with Gasteiger partial charge in [0.05, 0.1) is 30.5 Å². The van der Waals surface area contributed by atoms with Crippen LogP contribution in [0.2, 0.25) is 0 Å². The molecule has 4 rings (SSSR count). The van der Waals surface area contributed by atoms with Gasteiger partial charge in [0.2, 0.25) is 0 Å². The van der Waals surface area contributed by atoms with Crippen molar-refractivity contribution in [3.63, 3.8) is 0 Å². The first-order valence-electron chi connectivity index (χ1n) is 8.53. The average molecular weight is 354 g/mol. The standard InChI is InChI=1S/C19H22N4OS/c1-15-19(25-14-21-15)11-22-9-17-3-2-8-23(17)18(10-22)13-24-12-16-4-6-20-7-5-16/h2-8,14,18H,9-13H2,1H3. The van der Waals surface area contributed by atoms with Crippen LogP contribution in [-0.2, 0) is 24.4 Å². The molecule has 0 saturated carbocycles. The number of rotatable bonds is 6. The van der Waals surface area contributed by atoms with Crippen LogP contribution in [0, 0.1) is 6.92 Å². The zero-order valence-corrected chi connectivity index (χ0v) is 15.2. The molecule has 0 fully saturated rings. The van der Waals surface area contributed by atoms with Gasteiger partial charge in [-0.15, -0.1) is 11.3 Å².